The highest BCUT2D eigenvalue weighted by atomic mass is 32.1. The van der Waals surface area contributed by atoms with E-state index in [9.17, 15) is 9.59 Å². The van der Waals surface area contributed by atoms with E-state index in [1.165, 1.54) is 0 Å². The molecule has 1 aliphatic rings. The molecule has 2 aromatic heterocycles. The first-order chi connectivity index (χ1) is 11.4. The van der Waals surface area contributed by atoms with Gasteiger partial charge in [-0.2, -0.15) is 5.10 Å². The summed E-state index contributed by atoms with van der Waals surface area (Å²) in [6.45, 7) is 4.37. The molecule has 3 rings (SSSR count). The van der Waals surface area contributed by atoms with E-state index in [2.05, 4.69) is 10.4 Å². The first-order valence-corrected chi connectivity index (χ1v) is 8.84. The predicted octanol–water partition coefficient (Wildman–Crippen LogP) is 1.93. The van der Waals surface area contributed by atoms with E-state index in [1.807, 2.05) is 43.1 Å². The molecule has 1 aliphatic heterocycles. The van der Waals surface area contributed by atoms with Crippen LogP contribution in [0.1, 0.15) is 34.3 Å². The second kappa shape index (κ2) is 6.39. The minimum absolute atomic E-state index is 0.0160. The number of likely N-dealkylation sites (tertiary alicyclic amines) is 1. The molecule has 128 valence electrons. The van der Waals surface area contributed by atoms with Crippen LogP contribution < -0.4 is 5.32 Å². The summed E-state index contributed by atoms with van der Waals surface area (Å²) in [4.78, 5) is 27.6. The van der Waals surface area contributed by atoms with Gasteiger partial charge in [0.25, 0.3) is 0 Å². The molecule has 24 heavy (non-hydrogen) atoms. The molecule has 7 heteroatoms. The molecule has 3 heterocycles. The molecule has 6 nitrogen and oxygen atoms in total. The highest BCUT2D eigenvalue weighted by molar-refractivity contribution is 7.10. The van der Waals surface area contributed by atoms with Crippen LogP contribution in [0, 0.1) is 19.8 Å². The molecular formula is C17H22N4O2S. The number of carbonyl (C=O) groups is 2. The van der Waals surface area contributed by atoms with Crippen molar-refractivity contribution in [2.45, 2.75) is 32.9 Å². The van der Waals surface area contributed by atoms with Crippen LogP contribution >= 0.6 is 11.3 Å². The molecule has 0 radical (unpaired) electrons. The lowest BCUT2D eigenvalue weighted by molar-refractivity contribution is -0.128. The van der Waals surface area contributed by atoms with Crippen molar-refractivity contribution in [2.75, 3.05) is 7.05 Å². The maximum atomic E-state index is 12.7. The Kier molecular flexibility index (Phi) is 4.45. The van der Waals surface area contributed by atoms with Crippen molar-refractivity contribution in [3.63, 3.8) is 0 Å². The normalized spacial score (nSPS) is 20.7. The SMILES string of the molecule is Cc1nn(C)c(C)c1CNC(=O)[C@H]1CC(=O)N(C)[C@H]1c1cccs1. The van der Waals surface area contributed by atoms with E-state index in [0.717, 1.165) is 21.8 Å². The third kappa shape index (κ3) is 2.84. The van der Waals surface area contributed by atoms with Crippen molar-refractivity contribution in [2.24, 2.45) is 13.0 Å². The Hall–Kier alpha value is -2.15. The van der Waals surface area contributed by atoms with Gasteiger partial charge in [-0.3, -0.25) is 14.3 Å². The van der Waals surface area contributed by atoms with E-state index < -0.39 is 0 Å². The van der Waals surface area contributed by atoms with Crippen molar-refractivity contribution >= 4 is 23.2 Å². The number of nitrogens with one attached hydrogen (secondary N) is 1. The van der Waals surface area contributed by atoms with Gasteiger partial charge in [-0.05, 0) is 25.3 Å². The van der Waals surface area contributed by atoms with Gasteiger partial charge in [-0.25, -0.2) is 0 Å². The van der Waals surface area contributed by atoms with Gasteiger partial charge in [0, 0.05) is 43.2 Å². The molecular weight excluding hydrogens is 324 g/mol. The number of hydrogen-bond donors (Lipinski definition) is 1. The van der Waals surface area contributed by atoms with E-state index in [-0.39, 0.29) is 30.2 Å². The maximum Gasteiger partial charge on any atom is 0.226 e. The molecule has 1 fully saturated rings. The number of thiophene rings is 1. The molecule has 0 saturated carbocycles. The smallest absolute Gasteiger partial charge is 0.226 e. The van der Waals surface area contributed by atoms with Crippen molar-refractivity contribution < 1.29 is 9.59 Å². The Morgan fingerprint density at radius 2 is 2.17 bits per heavy atom. The number of nitrogens with zero attached hydrogens (tertiary/aromatic N) is 3. The highest BCUT2D eigenvalue weighted by Gasteiger charge is 2.43. The van der Waals surface area contributed by atoms with E-state index >= 15 is 0 Å². The van der Waals surface area contributed by atoms with Crippen molar-refractivity contribution in [3.05, 3.63) is 39.3 Å². The number of rotatable bonds is 4. The summed E-state index contributed by atoms with van der Waals surface area (Å²) < 4.78 is 1.82. The van der Waals surface area contributed by atoms with Crippen LogP contribution in [-0.4, -0.2) is 33.5 Å². The number of aromatic nitrogens is 2. The van der Waals surface area contributed by atoms with Gasteiger partial charge < -0.3 is 10.2 Å². The number of carbonyl (C=O) groups excluding carboxylic acids is 2. The average molecular weight is 346 g/mol. The van der Waals surface area contributed by atoms with E-state index in [4.69, 9.17) is 0 Å². The lowest BCUT2D eigenvalue weighted by Crippen LogP contribution is -2.34. The summed E-state index contributed by atoms with van der Waals surface area (Å²) in [6, 6.07) is 3.77. The fourth-order valence-electron chi connectivity index (χ4n) is 3.33. The van der Waals surface area contributed by atoms with Crippen LogP contribution in [0.15, 0.2) is 17.5 Å². The quantitative estimate of drug-likeness (QED) is 0.920. The van der Waals surface area contributed by atoms with Crippen molar-refractivity contribution in [3.8, 4) is 0 Å². The van der Waals surface area contributed by atoms with Gasteiger partial charge in [0.15, 0.2) is 0 Å². The van der Waals surface area contributed by atoms with Crippen LogP contribution in [0.4, 0.5) is 0 Å². The van der Waals surface area contributed by atoms with Crippen molar-refractivity contribution in [1.82, 2.24) is 20.0 Å². The van der Waals surface area contributed by atoms with E-state index in [0.29, 0.717) is 6.54 Å². The minimum atomic E-state index is -0.349. The zero-order valence-electron chi connectivity index (χ0n) is 14.4. The molecule has 0 bridgehead atoms. The standard InChI is InChI=1S/C17H22N4O2S/c1-10-13(11(2)21(4)19-10)9-18-17(23)12-8-15(22)20(3)16(12)14-6-5-7-24-14/h5-7,12,16H,8-9H2,1-4H3,(H,18,23)/t12-,16+/m0/s1. The fourth-order valence-corrected chi connectivity index (χ4v) is 4.27. The second-order valence-corrected chi connectivity index (χ2v) is 7.25. The molecule has 2 amide bonds. The first-order valence-electron chi connectivity index (χ1n) is 7.96. The molecule has 1 saturated heterocycles. The topological polar surface area (TPSA) is 67.2 Å². The van der Waals surface area contributed by atoms with Crippen molar-refractivity contribution in [1.29, 1.82) is 0 Å². The molecule has 2 aromatic rings. The molecule has 1 N–H and O–H groups in total. The zero-order valence-corrected chi connectivity index (χ0v) is 15.2. The lowest BCUT2D eigenvalue weighted by Gasteiger charge is -2.23. The minimum Gasteiger partial charge on any atom is -0.352 e. The predicted molar refractivity (Wildman–Crippen MR) is 92.5 cm³/mol. The second-order valence-electron chi connectivity index (χ2n) is 6.27. The lowest BCUT2D eigenvalue weighted by atomic mass is 9.97. The van der Waals surface area contributed by atoms with Crippen LogP contribution in [0.3, 0.4) is 0 Å². The van der Waals surface area contributed by atoms with Crippen LogP contribution in [0.2, 0.25) is 0 Å². The summed E-state index contributed by atoms with van der Waals surface area (Å²) in [5.41, 5.74) is 3.00. The van der Waals surface area contributed by atoms with Crippen LogP contribution in [0.5, 0.6) is 0 Å². The maximum absolute atomic E-state index is 12.7. The van der Waals surface area contributed by atoms with Gasteiger partial charge in [0.05, 0.1) is 17.7 Å². The van der Waals surface area contributed by atoms with Gasteiger partial charge in [0.1, 0.15) is 0 Å². The van der Waals surface area contributed by atoms with Gasteiger partial charge in [0.2, 0.25) is 11.8 Å². The van der Waals surface area contributed by atoms with Gasteiger partial charge >= 0.3 is 0 Å². The molecule has 0 aliphatic carbocycles. The number of hydrogen-bond acceptors (Lipinski definition) is 4. The Morgan fingerprint density at radius 1 is 1.42 bits per heavy atom. The third-order valence-electron chi connectivity index (χ3n) is 4.86. The first kappa shape index (κ1) is 16.7. The summed E-state index contributed by atoms with van der Waals surface area (Å²) in [6.07, 6.45) is 0.260. The molecule has 0 unspecified atom stereocenters. The summed E-state index contributed by atoms with van der Waals surface area (Å²) in [7, 11) is 3.67. The zero-order chi connectivity index (χ0) is 17.4. The molecule has 0 aromatic carbocycles. The van der Waals surface area contributed by atoms with E-state index in [1.54, 1.807) is 23.3 Å². The Bertz CT molecular complexity index is 766. The van der Waals surface area contributed by atoms with Crippen LogP contribution in [-0.2, 0) is 23.2 Å². The Balaban J connectivity index is 1.75. The molecule has 0 spiro atoms. The highest BCUT2D eigenvalue weighted by Crippen LogP contribution is 2.39. The van der Waals surface area contributed by atoms with Crippen LogP contribution in [0.25, 0.3) is 0 Å². The monoisotopic (exact) mass is 346 g/mol. The largest absolute Gasteiger partial charge is 0.352 e. The Labute approximate surface area is 145 Å². The summed E-state index contributed by atoms with van der Waals surface area (Å²) in [5, 5.41) is 9.35. The molecule has 2 atom stereocenters. The number of aryl methyl sites for hydroxylation is 2. The summed E-state index contributed by atoms with van der Waals surface area (Å²) in [5.74, 6) is -0.408. The van der Waals surface area contributed by atoms with Gasteiger partial charge in [-0.15, -0.1) is 11.3 Å². The number of amides is 2. The fraction of sp³-hybridized carbons (Fsp3) is 0.471. The third-order valence-corrected chi connectivity index (χ3v) is 5.80. The van der Waals surface area contributed by atoms with Gasteiger partial charge in [-0.1, -0.05) is 6.07 Å². The summed E-state index contributed by atoms with van der Waals surface area (Å²) >= 11 is 1.58. The average Bonchev–Trinajstić information content (AvgIpc) is 3.21. The Morgan fingerprint density at radius 3 is 2.75 bits per heavy atom.